The van der Waals surface area contributed by atoms with Gasteiger partial charge in [0.25, 0.3) is 5.91 Å². The molecule has 160 valence electrons. The molecule has 0 fully saturated rings. The van der Waals surface area contributed by atoms with Crippen molar-refractivity contribution in [1.29, 1.82) is 0 Å². The SMILES string of the molecule is COC(=O)C(Cc1ccc2c(c1)C(=O)N(Cc1ccc(C)cc1)NO2)OCC(C)C. The number of carbonyl (C=O) groups excluding carboxylic acids is 2. The van der Waals surface area contributed by atoms with E-state index in [2.05, 4.69) is 5.59 Å². The average molecular weight is 412 g/mol. The predicted molar refractivity (Wildman–Crippen MR) is 112 cm³/mol. The molecule has 1 heterocycles. The summed E-state index contributed by atoms with van der Waals surface area (Å²) in [5.41, 5.74) is 6.06. The van der Waals surface area contributed by atoms with Crippen LogP contribution >= 0.6 is 0 Å². The highest BCUT2D eigenvalue weighted by Crippen LogP contribution is 2.26. The van der Waals surface area contributed by atoms with Crippen molar-refractivity contribution in [1.82, 2.24) is 10.6 Å². The smallest absolute Gasteiger partial charge is 0.335 e. The van der Waals surface area contributed by atoms with E-state index in [4.69, 9.17) is 14.3 Å². The molecule has 1 amide bonds. The Labute approximate surface area is 176 Å². The molecule has 1 unspecified atom stereocenters. The standard InChI is InChI=1S/C23H28N2O5/c1-15(2)14-29-21(23(27)28-4)12-18-9-10-20-19(11-18)22(26)25(24-30-20)13-17-7-5-16(3)6-8-17/h5-11,15,21,24H,12-14H2,1-4H3. The third-order valence-corrected chi connectivity index (χ3v) is 4.76. The summed E-state index contributed by atoms with van der Waals surface area (Å²) in [6.45, 7) is 6.85. The van der Waals surface area contributed by atoms with Crippen molar-refractivity contribution in [2.24, 2.45) is 5.92 Å². The fourth-order valence-electron chi connectivity index (χ4n) is 3.10. The number of benzene rings is 2. The molecule has 0 saturated carbocycles. The fraction of sp³-hybridized carbons (Fsp3) is 0.391. The Hall–Kier alpha value is -2.90. The summed E-state index contributed by atoms with van der Waals surface area (Å²) in [6.07, 6.45) is -0.414. The number of aryl methyl sites for hydroxylation is 1. The van der Waals surface area contributed by atoms with Crippen molar-refractivity contribution in [3.63, 3.8) is 0 Å². The van der Waals surface area contributed by atoms with Gasteiger partial charge in [0.15, 0.2) is 11.9 Å². The number of ether oxygens (including phenoxy) is 2. The van der Waals surface area contributed by atoms with Gasteiger partial charge in [-0.15, -0.1) is 0 Å². The maximum atomic E-state index is 13.0. The van der Waals surface area contributed by atoms with Crippen molar-refractivity contribution in [2.45, 2.75) is 39.8 Å². The Morgan fingerprint density at radius 2 is 1.83 bits per heavy atom. The Kier molecular flexibility index (Phi) is 7.07. The Morgan fingerprint density at radius 3 is 2.50 bits per heavy atom. The molecule has 0 aromatic heterocycles. The molecule has 1 N–H and O–H groups in total. The molecule has 2 aromatic carbocycles. The molecule has 7 nitrogen and oxygen atoms in total. The van der Waals surface area contributed by atoms with E-state index >= 15 is 0 Å². The molecule has 0 aliphatic carbocycles. The van der Waals surface area contributed by atoms with Crippen LogP contribution in [-0.2, 0) is 27.2 Å². The second kappa shape index (κ2) is 9.73. The topological polar surface area (TPSA) is 77.1 Å². The van der Waals surface area contributed by atoms with Gasteiger partial charge < -0.3 is 14.3 Å². The lowest BCUT2D eigenvalue weighted by atomic mass is 10.0. The molecule has 1 aliphatic heterocycles. The van der Waals surface area contributed by atoms with Gasteiger partial charge in [0.2, 0.25) is 0 Å². The summed E-state index contributed by atoms with van der Waals surface area (Å²) in [4.78, 5) is 30.6. The quantitative estimate of drug-likeness (QED) is 0.671. The normalized spacial score (nSPS) is 14.3. The number of fused-ring (bicyclic) bond motifs is 1. The number of methoxy groups -OCH3 is 1. The molecule has 1 aliphatic rings. The van der Waals surface area contributed by atoms with E-state index in [1.54, 1.807) is 12.1 Å². The minimum atomic E-state index is -0.725. The lowest BCUT2D eigenvalue weighted by Gasteiger charge is -2.29. The van der Waals surface area contributed by atoms with Gasteiger partial charge in [0, 0.05) is 6.42 Å². The van der Waals surface area contributed by atoms with E-state index in [0.717, 1.165) is 16.7 Å². The Morgan fingerprint density at radius 1 is 1.13 bits per heavy atom. The number of carbonyl (C=O) groups is 2. The van der Waals surface area contributed by atoms with Gasteiger partial charge in [0.1, 0.15) is 0 Å². The lowest BCUT2D eigenvalue weighted by molar-refractivity contribution is -0.154. The minimum absolute atomic E-state index is 0.198. The van der Waals surface area contributed by atoms with Gasteiger partial charge in [-0.3, -0.25) is 4.79 Å². The maximum Gasteiger partial charge on any atom is 0.335 e. The summed E-state index contributed by atoms with van der Waals surface area (Å²) in [7, 11) is 1.34. The monoisotopic (exact) mass is 412 g/mol. The maximum absolute atomic E-state index is 13.0. The van der Waals surface area contributed by atoms with Crippen LogP contribution in [0.1, 0.15) is 40.9 Å². The van der Waals surface area contributed by atoms with E-state index in [1.165, 1.54) is 12.1 Å². The van der Waals surface area contributed by atoms with E-state index in [0.29, 0.717) is 30.9 Å². The lowest BCUT2D eigenvalue weighted by Crippen LogP contribution is -2.47. The van der Waals surface area contributed by atoms with Gasteiger partial charge >= 0.3 is 5.97 Å². The first-order valence-electron chi connectivity index (χ1n) is 9.99. The molecule has 2 aromatic rings. The number of hydrogen-bond acceptors (Lipinski definition) is 6. The molecule has 7 heteroatoms. The summed E-state index contributed by atoms with van der Waals surface area (Å²) in [5.74, 6) is 0.105. The van der Waals surface area contributed by atoms with Gasteiger partial charge in [0.05, 0.1) is 25.8 Å². The molecule has 0 radical (unpaired) electrons. The van der Waals surface area contributed by atoms with E-state index in [1.807, 2.05) is 51.1 Å². The number of amides is 1. The third-order valence-electron chi connectivity index (χ3n) is 4.76. The van der Waals surface area contributed by atoms with Crippen LogP contribution in [0, 0.1) is 12.8 Å². The van der Waals surface area contributed by atoms with Gasteiger partial charge in [-0.25, -0.2) is 9.80 Å². The van der Waals surface area contributed by atoms with E-state index in [-0.39, 0.29) is 11.8 Å². The van der Waals surface area contributed by atoms with Crippen molar-refractivity contribution >= 4 is 11.9 Å². The number of esters is 1. The number of rotatable bonds is 8. The van der Waals surface area contributed by atoms with Crippen LogP contribution in [0.2, 0.25) is 0 Å². The van der Waals surface area contributed by atoms with Crippen LogP contribution in [0.4, 0.5) is 0 Å². The number of hydrazine groups is 1. The molecule has 3 rings (SSSR count). The second-order valence-electron chi connectivity index (χ2n) is 7.84. The van der Waals surface area contributed by atoms with Crippen LogP contribution in [0.5, 0.6) is 5.75 Å². The Balaban J connectivity index is 1.75. The first kappa shape index (κ1) is 21.8. The van der Waals surface area contributed by atoms with Crippen molar-refractivity contribution < 1.29 is 23.9 Å². The highest BCUT2D eigenvalue weighted by atomic mass is 16.7. The molecular weight excluding hydrogens is 384 g/mol. The fourth-order valence-corrected chi connectivity index (χ4v) is 3.10. The molecule has 0 bridgehead atoms. The highest BCUT2D eigenvalue weighted by molar-refractivity contribution is 5.97. The van der Waals surface area contributed by atoms with Crippen molar-refractivity contribution in [3.8, 4) is 5.75 Å². The van der Waals surface area contributed by atoms with Crippen LogP contribution in [0.3, 0.4) is 0 Å². The molecular formula is C23H28N2O5. The van der Waals surface area contributed by atoms with Gasteiger partial charge in [-0.2, -0.15) is 0 Å². The first-order chi connectivity index (χ1) is 14.4. The summed E-state index contributed by atoms with van der Waals surface area (Å²) in [6, 6.07) is 13.2. The zero-order valence-corrected chi connectivity index (χ0v) is 17.8. The summed E-state index contributed by atoms with van der Waals surface area (Å²) < 4.78 is 10.6. The van der Waals surface area contributed by atoms with Crippen LogP contribution in [-0.4, -0.2) is 36.7 Å². The van der Waals surface area contributed by atoms with Gasteiger partial charge in [-0.1, -0.05) is 55.3 Å². The number of nitrogens with one attached hydrogen (secondary N) is 1. The first-order valence-corrected chi connectivity index (χ1v) is 9.99. The van der Waals surface area contributed by atoms with E-state index in [9.17, 15) is 9.59 Å². The third kappa shape index (κ3) is 5.37. The summed E-state index contributed by atoms with van der Waals surface area (Å²) >= 11 is 0. The minimum Gasteiger partial charge on any atom is -0.467 e. The zero-order chi connectivity index (χ0) is 21.7. The van der Waals surface area contributed by atoms with Crippen molar-refractivity contribution in [2.75, 3.05) is 13.7 Å². The second-order valence-corrected chi connectivity index (χ2v) is 7.84. The van der Waals surface area contributed by atoms with Crippen LogP contribution in [0.25, 0.3) is 0 Å². The van der Waals surface area contributed by atoms with Crippen LogP contribution in [0.15, 0.2) is 42.5 Å². The highest BCUT2D eigenvalue weighted by Gasteiger charge is 2.28. The van der Waals surface area contributed by atoms with Crippen molar-refractivity contribution in [3.05, 3.63) is 64.7 Å². The number of nitrogens with zero attached hydrogens (tertiary/aromatic N) is 1. The predicted octanol–water partition coefficient (Wildman–Crippen LogP) is 3.21. The number of hydrogen-bond donors (Lipinski definition) is 1. The summed E-state index contributed by atoms with van der Waals surface area (Å²) in [5, 5.41) is 1.42. The van der Waals surface area contributed by atoms with E-state index < -0.39 is 12.1 Å². The molecule has 0 saturated heterocycles. The Bertz CT molecular complexity index is 895. The molecule has 0 spiro atoms. The molecule has 30 heavy (non-hydrogen) atoms. The zero-order valence-electron chi connectivity index (χ0n) is 17.8. The average Bonchev–Trinajstić information content (AvgIpc) is 2.74. The van der Waals surface area contributed by atoms with Crippen LogP contribution < -0.4 is 10.4 Å². The molecule has 1 atom stereocenters. The van der Waals surface area contributed by atoms with Gasteiger partial charge in [-0.05, 0) is 36.1 Å². The largest absolute Gasteiger partial charge is 0.467 e.